The number of hydrogen-bond acceptors (Lipinski definition) is 1. The first-order chi connectivity index (χ1) is 7.16. The predicted molar refractivity (Wildman–Crippen MR) is 63.6 cm³/mol. The van der Waals surface area contributed by atoms with Crippen LogP contribution in [-0.2, 0) is 4.74 Å². The van der Waals surface area contributed by atoms with E-state index in [-0.39, 0.29) is 10.8 Å². The lowest BCUT2D eigenvalue weighted by atomic mass is 9.83. The average Bonchev–Trinajstić information content (AvgIpc) is 1.94. The zero-order chi connectivity index (χ0) is 14.1. The molecule has 0 spiro atoms. The molecule has 0 saturated carbocycles. The van der Waals surface area contributed by atoms with Crippen LogP contribution in [0.2, 0.25) is 0 Å². The first kappa shape index (κ1) is 9.21. The monoisotopic (exact) mass is 203 g/mol. The van der Waals surface area contributed by atoms with Gasteiger partial charge in [-0.1, -0.05) is 41.5 Å². The lowest BCUT2D eigenvalue weighted by Gasteiger charge is -2.34. The first-order valence-electron chi connectivity index (χ1n) is 6.80. The standard InChI is InChI=1S/C13H28O/c1-11(2,3)9-13(7,8)14-10-12(4,5)6/h9-10H2,1-8H3/i7D3. The van der Waals surface area contributed by atoms with Crippen molar-refractivity contribution in [3.63, 3.8) is 0 Å². The summed E-state index contributed by atoms with van der Waals surface area (Å²) in [6, 6.07) is 0. The van der Waals surface area contributed by atoms with Gasteiger partial charge in [-0.25, -0.2) is 0 Å². The molecule has 0 aromatic rings. The third-order valence-electron chi connectivity index (χ3n) is 1.69. The van der Waals surface area contributed by atoms with E-state index in [1.54, 1.807) is 6.92 Å². The van der Waals surface area contributed by atoms with Gasteiger partial charge in [-0.3, -0.25) is 0 Å². The van der Waals surface area contributed by atoms with Crippen molar-refractivity contribution in [2.24, 2.45) is 10.8 Å². The molecule has 0 N–H and O–H groups in total. The quantitative estimate of drug-likeness (QED) is 0.666. The van der Waals surface area contributed by atoms with Crippen molar-refractivity contribution in [3.8, 4) is 0 Å². The molecule has 0 aromatic carbocycles. The molecule has 0 heterocycles. The van der Waals surface area contributed by atoms with Crippen molar-refractivity contribution >= 4 is 0 Å². The first-order valence-corrected chi connectivity index (χ1v) is 5.30. The van der Waals surface area contributed by atoms with Crippen LogP contribution in [0.3, 0.4) is 0 Å². The minimum Gasteiger partial charge on any atom is -0.375 e. The largest absolute Gasteiger partial charge is 0.375 e. The maximum absolute atomic E-state index is 7.68. The fraction of sp³-hybridized carbons (Fsp3) is 1.00. The van der Waals surface area contributed by atoms with Crippen LogP contribution in [0.5, 0.6) is 0 Å². The minimum atomic E-state index is -2.09. The second-order valence-electron chi connectivity index (χ2n) is 6.82. The van der Waals surface area contributed by atoms with E-state index < -0.39 is 12.5 Å². The Kier molecular flexibility index (Phi) is 2.77. The Labute approximate surface area is 94.4 Å². The second-order valence-corrected chi connectivity index (χ2v) is 6.82. The van der Waals surface area contributed by atoms with Gasteiger partial charge in [-0.15, -0.1) is 0 Å². The van der Waals surface area contributed by atoms with Gasteiger partial charge in [0.15, 0.2) is 0 Å². The Balaban J connectivity index is 4.88. The van der Waals surface area contributed by atoms with Crippen molar-refractivity contribution in [1.82, 2.24) is 0 Å². The van der Waals surface area contributed by atoms with Crippen molar-refractivity contribution in [3.05, 3.63) is 0 Å². The van der Waals surface area contributed by atoms with Gasteiger partial charge in [0, 0.05) is 4.11 Å². The van der Waals surface area contributed by atoms with Crippen LogP contribution in [-0.4, -0.2) is 12.2 Å². The Morgan fingerprint density at radius 3 is 1.71 bits per heavy atom. The highest BCUT2D eigenvalue weighted by Gasteiger charge is 2.27. The molecule has 1 heteroatoms. The van der Waals surface area contributed by atoms with Gasteiger partial charge in [0.05, 0.1) is 12.2 Å². The van der Waals surface area contributed by atoms with Crippen LogP contribution in [0.4, 0.5) is 0 Å². The summed E-state index contributed by atoms with van der Waals surface area (Å²) in [7, 11) is 0. The summed E-state index contributed by atoms with van der Waals surface area (Å²) in [5.41, 5.74) is -1.16. The SMILES string of the molecule is [2H]C([2H])([2H])C(C)(CC(C)(C)C)OCC(C)(C)C. The van der Waals surface area contributed by atoms with Gasteiger partial charge in [-0.2, -0.15) is 0 Å². The van der Waals surface area contributed by atoms with Gasteiger partial charge in [-0.05, 0) is 31.0 Å². The van der Waals surface area contributed by atoms with Crippen LogP contribution in [0.1, 0.15) is 65.9 Å². The summed E-state index contributed by atoms with van der Waals surface area (Å²) >= 11 is 0. The summed E-state index contributed by atoms with van der Waals surface area (Å²) in [4.78, 5) is 0. The summed E-state index contributed by atoms with van der Waals surface area (Å²) in [5, 5.41) is 0. The Hall–Kier alpha value is -0.0400. The molecule has 1 nitrogen and oxygen atoms in total. The molecule has 0 rings (SSSR count). The average molecular weight is 203 g/mol. The second kappa shape index (κ2) is 4.22. The maximum Gasteiger partial charge on any atom is 0.0631 e. The van der Waals surface area contributed by atoms with Gasteiger partial charge >= 0.3 is 0 Å². The molecule has 1 atom stereocenters. The Bertz CT molecular complexity index is 245. The summed E-state index contributed by atoms with van der Waals surface area (Å²) in [5.74, 6) is 0. The third-order valence-corrected chi connectivity index (χ3v) is 1.69. The van der Waals surface area contributed by atoms with Crippen LogP contribution in [0, 0.1) is 10.8 Å². The lowest BCUT2D eigenvalue weighted by Crippen LogP contribution is -2.33. The van der Waals surface area contributed by atoms with E-state index in [9.17, 15) is 0 Å². The van der Waals surface area contributed by atoms with Gasteiger partial charge in [0.1, 0.15) is 0 Å². The molecule has 0 radical (unpaired) electrons. The van der Waals surface area contributed by atoms with Crippen molar-refractivity contribution in [2.45, 2.75) is 67.3 Å². The molecular weight excluding hydrogens is 172 g/mol. The number of rotatable bonds is 3. The third kappa shape index (κ3) is 8.55. The zero-order valence-corrected chi connectivity index (χ0v) is 10.8. The zero-order valence-electron chi connectivity index (χ0n) is 13.8. The fourth-order valence-electron chi connectivity index (χ4n) is 1.44. The van der Waals surface area contributed by atoms with Crippen molar-refractivity contribution in [2.75, 3.05) is 6.61 Å². The van der Waals surface area contributed by atoms with Crippen molar-refractivity contribution in [1.29, 1.82) is 0 Å². The van der Waals surface area contributed by atoms with Crippen molar-refractivity contribution < 1.29 is 8.85 Å². The Morgan fingerprint density at radius 2 is 1.43 bits per heavy atom. The Morgan fingerprint density at radius 1 is 0.929 bits per heavy atom. The highest BCUT2D eigenvalue weighted by atomic mass is 16.5. The van der Waals surface area contributed by atoms with Crippen LogP contribution in [0.15, 0.2) is 0 Å². The molecule has 0 aromatic heterocycles. The highest BCUT2D eigenvalue weighted by Crippen LogP contribution is 2.30. The predicted octanol–water partition coefficient (Wildman–Crippen LogP) is 4.26. The van der Waals surface area contributed by atoms with E-state index in [0.29, 0.717) is 13.0 Å². The number of ether oxygens (including phenoxy) is 1. The van der Waals surface area contributed by atoms with E-state index in [0.717, 1.165) is 0 Å². The van der Waals surface area contributed by atoms with Crippen LogP contribution >= 0.6 is 0 Å². The van der Waals surface area contributed by atoms with E-state index in [1.807, 2.05) is 41.5 Å². The molecular formula is C13H28O. The normalized spacial score (nSPS) is 22.1. The molecule has 14 heavy (non-hydrogen) atoms. The van der Waals surface area contributed by atoms with Gasteiger partial charge < -0.3 is 4.74 Å². The summed E-state index contributed by atoms with van der Waals surface area (Å²) < 4.78 is 28.8. The van der Waals surface area contributed by atoms with E-state index in [2.05, 4.69) is 0 Å². The molecule has 0 fully saturated rings. The minimum absolute atomic E-state index is 0.0234. The molecule has 0 aliphatic carbocycles. The maximum atomic E-state index is 7.68. The topological polar surface area (TPSA) is 9.23 Å². The fourth-order valence-corrected chi connectivity index (χ4v) is 1.44. The molecule has 1 unspecified atom stereocenters. The molecule has 0 aliphatic rings. The van der Waals surface area contributed by atoms with E-state index in [4.69, 9.17) is 8.85 Å². The molecule has 86 valence electrons. The highest BCUT2D eigenvalue weighted by molar-refractivity contribution is 4.78. The van der Waals surface area contributed by atoms with Gasteiger partial charge in [0.25, 0.3) is 0 Å². The molecule has 0 aliphatic heterocycles. The molecule has 0 bridgehead atoms. The summed E-state index contributed by atoms with van der Waals surface area (Å²) in [6.45, 7) is 12.3. The molecule has 0 amide bonds. The molecule has 0 saturated heterocycles. The number of hydrogen-bond donors (Lipinski definition) is 0. The van der Waals surface area contributed by atoms with E-state index in [1.165, 1.54) is 0 Å². The van der Waals surface area contributed by atoms with E-state index >= 15 is 0 Å². The van der Waals surface area contributed by atoms with Gasteiger partial charge in [0.2, 0.25) is 0 Å². The lowest BCUT2D eigenvalue weighted by molar-refractivity contribution is -0.0708. The smallest absolute Gasteiger partial charge is 0.0631 e. The van der Waals surface area contributed by atoms with Crippen LogP contribution in [0.25, 0.3) is 0 Å². The van der Waals surface area contributed by atoms with Crippen LogP contribution < -0.4 is 0 Å². The summed E-state index contributed by atoms with van der Waals surface area (Å²) in [6.07, 6.45) is 0.520.